The molecular weight excluding hydrogens is 312 g/mol. The lowest BCUT2D eigenvalue weighted by Gasteiger charge is -2.15. The van der Waals surface area contributed by atoms with Crippen molar-refractivity contribution in [3.63, 3.8) is 0 Å². The number of carbonyl (C=O) groups is 2. The van der Waals surface area contributed by atoms with Crippen LogP contribution in [0.1, 0.15) is 18.4 Å². The molecule has 122 valence electrons. The summed E-state index contributed by atoms with van der Waals surface area (Å²) in [5.41, 5.74) is 1.23. The fourth-order valence-corrected chi connectivity index (χ4v) is 3.94. The van der Waals surface area contributed by atoms with E-state index in [1.165, 1.54) is 22.8 Å². The lowest BCUT2D eigenvalue weighted by atomic mass is 10.1. The van der Waals surface area contributed by atoms with E-state index in [0.29, 0.717) is 19.5 Å². The van der Waals surface area contributed by atoms with Crippen LogP contribution >= 0.6 is 11.3 Å². The van der Waals surface area contributed by atoms with Crippen LogP contribution in [0.4, 0.5) is 4.79 Å². The third-order valence-electron chi connectivity index (χ3n) is 4.17. The topological polar surface area (TPSA) is 58.6 Å². The molecule has 1 N–H and O–H groups in total. The fourth-order valence-electron chi connectivity index (χ4n) is 2.95. The lowest BCUT2D eigenvalue weighted by Crippen LogP contribution is -2.38. The Morgan fingerprint density at radius 1 is 1.39 bits per heavy atom. The molecule has 2 heterocycles. The quantitative estimate of drug-likeness (QED) is 0.936. The Morgan fingerprint density at radius 3 is 3.04 bits per heavy atom. The lowest BCUT2D eigenvalue weighted by molar-refractivity contribution is -0.121. The van der Waals surface area contributed by atoms with E-state index in [1.807, 2.05) is 12.1 Å². The molecule has 1 atom stereocenters. The molecule has 1 aromatic carbocycles. The average molecular weight is 332 g/mol. The van der Waals surface area contributed by atoms with Gasteiger partial charge in [-0.25, -0.2) is 4.79 Å². The van der Waals surface area contributed by atoms with E-state index in [9.17, 15) is 9.59 Å². The molecule has 0 unspecified atom stereocenters. The van der Waals surface area contributed by atoms with Gasteiger partial charge in [0.05, 0.1) is 7.11 Å². The van der Waals surface area contributed by atoms with Gasteiger partial charge in [-0.1, -0.05) is 18.2 Å². The largest absolute Gasteiger partial charge is 0.453 e. The Bertz CT molecular complexity index is 713. The average Bonchev–Trinajstić information content (AvgIpc) is 3.19. The number of hydrogen-bond acceptors (Lipinski definition) is 4. The highest BCUT2D eigenvalue weighted by molar-refractivity contribution is 7.17. The Kier molecular flexibility index (Phi) is 4.81. The van der Waals surface area contributed by atoms with Crippen molar-refractivity contribution in [3.05, 3.63) is 35.2 Å². The number of likely N-dealkylation sites (tertiary alicyclic amines) is 1. The number of rotatable bonds is 4. The summed E-state index contributed by atoms with van der Waals surface area (Å²) in [6.45, 7) is 1.16. The minimum Gasteiger partial charge on any atom is -0.453 e. The summed E-state index contributed by atoms with van der Waals surface area (Å²) in [7, 11) is 1.37. The third kappa shape index (κ3) is 3.64. The van der Waals surface area contributed by atoms with Crippen molar-refractivity contribution >= 4 is 33.4 Å². The van der Waals surface area contributed by atoms with Crippen molar-refractivity contribution in [2.45, 2.75) is 25.3 Å². The van der Waals surface area contributed by atoms with E-state index < -0.39 is 0 Å². The van der Waals surface area contributed by atoms with Gasteiger partial charge in [0.2, 0.25) is 5.91 Å². The normalized spacial score (nSPS) is 17.4. The van der Waals surface area contributed by atoms with E-state index in [0.717, 1.165) is 12.8 Å². The summed E-state index contributed by atoms with van der Waals surface area (Å²) >= 11 is 1.71. The van der Waals surface area contributed by atoms with Crippen LogP contribution in [0.15, 0.2) is 29.6 Å². The van der Waals surface area contributed by atoms with Crippen LogP contribution in [0.2, 0.25) is 0 Å². The van der Waals surface area contributed by atoms with Gasteiger partial charge < -0.3 is 15.0 Å². The summed E-state index contributed by atoms with van der Waals surface area (Å²) in [4.78, 5) is 25.2. The third-order valence-corrected chi connectivity index (χ3v) is 5.18. The number of nitrogens with zero attached hydrogens (tertiary/aromatic N) is 1. The smallest absolute Gasteiger partial charge is 0.409 e. The van der Waals surface area contributed by atoms with Gasteiger partial charge in [-0.05, 0) is 35.2 Å². The van der Waals surface area contributed by atoms with Gasteiger partial charge in [0.1, 0.15) is 0 Å². The highest BCUT2D eigenvalue weighted by Crippen LogP contribution is 2.26. The molecule has 1 aliphatic rings. The molecule has 1 aromatic heterocycles. The standard InChI is InChI=1S/C17H20N2O3S/c1-22-17(21)19-9-8-13(10-19)18-16(20)7-6-12-11-23-15-5-3-2-4-14(12)15/h2-5,11,13H,6-10H2,1H3,(H,18,20)/t13-/m1/s1. The molecule has 0 bridgehead atoms. The SMILES string of the molecule is COC(=O)N1CC[C@@H](NC(=O)CCc2csc3ccccc23)C1. The van der Waals surface area contributed by atoms with Crippen molar-refractivity contribution in [2.24, 2.45) is 0 Å². The van der Waals surface area contributed by atoms with E-state index in [4.69, 9.17) is 4.74 Å². The monoisotopic (exact) mass is 332 g/mol. The molecule has 3 rings (SSSR count). The predicted molar refractivity (Wildman–Crippen MR) is 90.7 cm³/mol. The molecule has 2 aromatic rings. The highest BCUT2D eigenvalue weighted by Gasteiger charge is 2.27. The van der Waals surface area contributed by atoms with Crippen LogP contribution in [-0.4, -0.2) is 43.1 Å². The van der Waals surface area contributed by atoms with E-state index in [1.54, 1.807) is 16.2 Å². The minimum atomic E-state index is -0.327. The molecule has 2 amide bonds. The van der Waals surface area contributed by atoms with Crippen LogP contribution < -0.4 is 5.32 Å². The summed E-state index contributed by atoms with van der Waals surface area (Å²) in [6.07, 6.45) is 1.66. The van der Waals surface area contributed by atoms with Gasteiger partial charge in [0.15, 0.2) is 0 Å². The van der Waals surface area contributed by atoms with E-state index in [2.05, 4.69) is 22.8 Å². The second-order valence-electron chi connectivity index (χ2n) is 5.73. The van der Waals surface area contributed by atoms with Gasteiger partial charge in [0.25, 0.3) is 0 Å². The Labute approximate surface area is 139 Å². The number of hydrogen-bond donors (Lipinski definition) is 1. The zero-order valence-electron chi connectivity index (χ0n) is 13.1. The molecule has 0 radical (unpaired) electrons. The van der Waals surface area contributed by atoms with Crippen molar-refractivity contribution < 1.29 is 14.3 Å². The number of methoxy groups -OCH3 is 1. The van der Waals surface area contributed by atoms with Crippen molar-refractivity contribution in [1.29, 1.82) is 0 Å². The minimum absolute atomic E-state index is 0.0285. The van der Waals surface area contributed by atoms with Gasteiger partial charge in [0, 0.05) is 30.3 Å². The molecular formula is C17H20N2O3S. The highest BCUT2D eigenvalue weighted by atomic mass is 32.1. The van der Waals surface area contributed by atoms with Crippen LogP contribution in [0.25, 0.3) is 10.1 Å². The summed E-state index contributed by atoms with van der Waals surface area (Å²) in [5.74, 6) is 0.0389. The summed E-state index contributed by atoms with van der Waals surface area (Å²) in [5, 5.41) is 6.38. The van der Waals surface area contributed by atoms with Gasteiger partial charge >= 0.3 is 6.09 Å². The van der Waals surface area contributed by atoms with Gasteiger partial charge in [-0.15, -0.1) is 11.3 Å². The molecule has 1 aliphatic heterocycles. The molecule has 0 spiro atoms. The van der Waals surface area contributed by atoms with E-state index >= 15 is 0 Å². The second kappa shape index (κ2) is 7.00. The van der Waals surface area contributed by atoms with Gasteiger partial charge in [-0.3, -0.25) is 4.79 Å². The maximum Gasteiger partial charge on any atom is 0.409 e. The van der Waals surface area contributed by atoms with Crippen LogP contribution in [0.3, 0.4) is 0 Å². The number of benzene rings is 1. The van der Waals surface area contributed by atoms with Crippen LogP contribution in [0.5, 0.6) is 0 Å². The van der Waals surface area contributed by atoms with Crippen molar-refractivity contribution in [3.8, 4) is 0 Å². The number of amides is 2. The number of fused-ring (bicyclic) bond motifs is 1. The van der Waals surface area contributed by atoms with Crippen LogP contribution in [0, 0.1) is 0 Å². The van der Waals surface area contributed by atoms with Crippen LogP contribution in [-0.2, 0) is 16.0 Å². The molecule has 0 aliphatic carbocycles. The van der Waals surface area contributed by atoms with Crippen molar-refractivity contribution in [1.82, 2.24) is 10.2 Å². The zero-order valence-corrected chi connectivity index (χ0v) is 13.9. The first-order valence-corrected chi connectivity index (χ1v) is 8.62. The number of thiophene rings is 1. The number of carbonyl (C=O) groups excluding carboxylic acids is 2. The molecule has 1 fully saturated rings. The van der Waals surface area contributed by atoms with E-state index in [-0.39, 0.29) is 18.0 Å². The first-order chi connectivity index (χ1) is 11.2. The zero-order chi connectivity index (χ0) is 16.2. The molecule has 5 nitrogen and oxygen atoms in total. The maximum absolute atomic E-state index is 12.1. The summed E-state index contributed by atoms with van der Waals surface area (Å²) < 4.78 is 5.96. The Balaban J connectivity index is 1.50. The first-order valence-electron chi connectivity index (χ1n) is 7.74. The summed E-state index contributed by atoms with van der Waals surface area (Å²) in [6, 6.07) is 8.29. The Hall–Kier alpha value is -2.08. The maximum atomic E-state index is 12.1. The predicted octanol–water partition coefficient (Wildman–Crippen LogP) is 2.79. The first kappa shape index (κ1) is 15.8. The fraction of sp³-hybridized carbons (Fsp3) is 0.412. The number of nitrogens with one attached hydrogen (secondary N) is 1. The Morgan fingerprint density at radius 2 is 2.22 bits per heavy atom. The number of aryl methyl sites for hydroxylation is 1. The molecule has 23 heavy (non-hydrogen) atoms. The number of ether oxygens (including phenoxy) is 1. The van der Waals surface area contributed by atoms with Gasteiger partial charge in [-0.2, -0.15) is 0 Å². The van der Waals surface area contributed by atoms with Crippen molar-refractivity contribution in [2.75, 3.05) is 20.2 Å². The molecule has 6 heteroatoms. The molecule has 1 saturated heterocycles. The molecule has 0 saturated carbocycles. The second-order valence-corrected chi connectivity index (χ2v) is 6.64.